The summed E-state index contributed by atoms with van der Waals surface area (Å²) in [5, 5.41) is 0. The number of ether oxygens (including phenoxy) is 2. The number of hydrogen-bond donors (Lipinski definition) is 0. The van der Waals surface area contributed by atoms with Crippen LogP contribution in [-0.2, 0) is 14.3 Å². The van der Waals surface area contributed by atoms with Gasteiger partial charge in [0.25, 0.3) is 0 Å². The Bertz CT molecular complexity index is 400. The molecule has 1 rings (SSSR count). The number of esters is 1. The van der Waals surface area contributed by atoms with E-state index in [4.69, 9.17) is 9.47 Å². The van der Waals surface area contributed by atoms with Crippen molar-refractivity contribution < 1.29 is 19.1 Å². The summed E-state index contributed by atoms with van der Waals surface area (Å²) in [4.78, 5) is 25.9. The van der Waals surface area contributed by atoms with Gasteiger partial charge >= 0.3 is 12.1 Å². The van der Waals surface area contributed by atoms with E-state index in [0.29, 0.717) is 13.2 Å². The first-order valence-electron chi connectivity index (χ1n) is 8.06. The molecule has 0 aromatic carbocycles. The third-order valence-electron chi connectivity index (χ3n) is 3.68. The molecule has 0 aliphatic carbocycles. The van der Waals surface area contributed by atoms with Crippen molar-refractivity contribution in [2.45, 2.75) is 65.0 Å². The lowest BCUT2D eigenvalue weighted by Gasteiger charge is -2.39. The van der Waals surface area contributed by atoms with Crippen molar-refractivity contribution in [1.82, 2.24) is 4.90 Å². The van der Waals surface area contributed by atoms with Crippen molar-refractivity contribution in [3.05, 3.63) is 12.7 Å². The van der Waals surface area contributed by atoms with Gasteiger partial charge in [-0.15, -0.1) is 6.58 Å². The fraction of sp³-hybridized carbons (Fsp3) is 0.765. The van der Waals surface area contributed by atoms with Gasteiger partial charge in [0.2, 0.25) is 0 Å². The molecule has 126 valence electrons. The summed E-state index contributed by atoms with van der Waals surface area (Å²) in [6, 6.07) is -0.0505. The maximum atomic E-state index is 12.4. The van der Waals surface area contributed by atoms with E-state index in [2.05, 4.69) is 6.58 Å². The zero-order valence-corrected chi connectivity index (χ0v) is 14.3. The molecule has 1 fully saturated rings. The van der Waals surface area contributed by atoms with Crippen LogP contribution in [0.25, 0.3) is 0 Å². The molecule has 22 heavy (non-hydrogen) atoms. The average molecular weight is 311 g/mol. The number of carbonyl (C=O) groups excluding carboxylic acids is 2. The lowest BCUT2D eigenvalue weighted by atomic mass is 9.88. The first kappa shape index (κ1) is 18.5. The van der Waals surface area contributed by atoms with Crippen LogP contribution in [0.3, 0.4) is 0 Å². The molecule has 1 aliphatic heterocycles. The van der Waals surface area contributed by atoms with Crippen LogP contribution in [0.4, 0.5) is 4.79 Å². The molecule has 5 heteroatoms. The SMILES string of the molecule is C=CC(CC(=O)OCC)C1CCCCN1C(=O)OC(C)(C)C. The molecule has 2 unspecified atom stereocenters. The first-order valence-corrected chi connectivity index (χ1v) is 8.06. The number of likely N-dealkylation sites (tertiary alicyclic amines) is 1. The monoisotopic (exact) mass is 311 g/mol. The number of carbonyl (C=O) groups is 2. The van der Waals surface area contributed by atoms with Gasteiger partial charge in [-0.3, -0.25) is 4.79 Å². The fourth-order valence-corrected chi connectivity index (χ4v) is 2.74. The maximum absolute atomic E-state index is 12.4. The molecule has 0 saturated carbocycles. The van der Waals surface area contributed by atoms with Crippen molar-refractivity contribution in [1.29, 1.82) is 0 Å². The minimum atomic E-state index is -0.524. The molecule has 1 amide bonds. The number of hydrogen-bond acceptors (Lipinski definition) is 4. The Balaban J connectivity index is 2.79. The Morgan fingerprint density at radius 1 is 1.36 bits per heavy atom. The van der Waals surface area contributed by atoms with E-state index in [0.717, 1.165) is 19.3 Å². The van der Waals surface area contributed by atoms with E-state index >= 15 is 0 Å². The molecule has 0 radical (unpaired) electrons. The van der Waals surface area contributed by atoms with Gasteiger partial charge in [0, 0.05) is 18.5 Å². The standard InChI is InChI=1S/C17H29NO4/c1-6-13(12-15(19)21-7-2)14-10-8-9-11-18(14)16(20)22-17(3,4)5/h6,13-14H,1,7-12H2,2-5H3. The highest BCUT2D eigenvalue weighted by molar-refractivity contribution is 5.71. The Morgan fingerprint density at radius 3 is 2.59 bits per heavy atom. The van der Waals surface area contributed by atoms with Crippen molar-refractivity contribution >= 4 is 12.1 Å². The highest BCUT2D eigenvalue weighted by atomic mass is 16.6. The zero-order chi connectivity index (χ0) is 16.8. The van der Waals surface area contributed by atoms with Crippen LogP contribution in [0.5, 0.6) is 0 Å². The summed E-state index contributed by atoms with van der Waals surface area (Å²) >= 11 is 0. The second-order valence-electron chi connectivity index (χ2n) is 6.65. The molecular weight excluding hydrogens is 282 g/mol. The quantitative estimate of drug-likeness (QED) is 0.576. The lowest BCUT2D eigenvalue weighted by molar-refractivity contribution is -0.144. The van der Waals surface area contributed by atoms with Crippen LogP contribution < -0.4 is 0 Å². The Labute approximate surface area is 133 Å². The second-order valence-corrected chi connectivity index (χ2v) is 6.65. The fourth-order valence-electron chi connectivity index (χ4n) is 2.74. The molecule has 5 nitrogen and oxygen atoms in total. The normalized spacial score (nSPS) is 20.2. The van der Waals surface area contributed by atoms with Crippen LogP contribution in [0, 0.1) is 5.92 Å². The summed E-state index contributed by atoms with van der Waals surface area (Å²) in [6.45, 7) is 12.2. The molecule has 1 heterocycles. The summed E-state index contributed by atoms with van der Waals surface area (Å²) in [6.07, 6.45) is 4.55. The van der Waals surface area contributed by atoms with Gasteiger partial charge in [0.15, 0.2) is 0 Å². The highest BCUT2D eigenvalue weighted by Gasteiger charge is 2.35. The number of nitrogens with zero attached hydrogens (tertiary/aromatic N) is 1. The van der Waals surface area contributed by atoms with Gasteiger partial charge in [0.05, 0.1) is 13.0 Å². The van der Waals surface area contributed by atoms with E-state index in [-0.39, 0.29) is 30.4 Å². The van der Waals surface area contributed by atoms with Crippen LogP contribution in [0.2, 0.25) is 0 Å². The average Bonchev–Trinajstić information content (AvgIpc) is 2.43. The number of amides is 1. The van der Waals surface area contributed by atoms with Gasteiger partial charge in [-0.05, 0) is 47.0 Å². The van der Waals surface area contributed by atoms with E-state index in [9.17, 15) is 9.59 Å². The third-order valence-corrected chi connectivity index (χ3v) is 3.68. The van der Waals surface area contributed by atoms with Crippen LogP contribution >= 0.6 is 0 Å². The first-order chi connectivity index (χ1) is 10.3. The van der Waals surface area contributed by atoms with Crippen molar-refractivity contribution in [3.63, 3.8) is 0 Å². The second kappa shape index (κ2) is 8.20. The van der Waals surface area contributed by atoms with Gasteiger partial charge in [-0.25, -0.2) is 4.79 Å². The molecule has 0 spiro atoms. The van der Waals surface area contributed by atoms with E-state index in [1.54, 1.807) is 17.9 Å². The zero-order valence-electron chi connectivity index (χ0n) is 14.3. The predicted molar refractivity (Wildman–Crippen MR) is 85.5 cm³/mol. The molecule has 1 aliphatic rings. The minimum absolute atomic E-state index is 0.0505. The number of rotatable bonds is 5. The maximum Gasteiger partial charge on any atom is 0.410 e. The van der Waals surface area contributed by atoms with Crippen LogP contribution in [0.1, 0.15) is 53.4 Å². The summed E-state index contributed by atoms with van der Waals surface area (Å²) in [5.74, 6) is -0.353. The largest absolute Gasteiger partial charge is 0.466 e. The molecule has 2 atom stereocenters. The van der Waals surface area contributed by atoms with Gasteiger partial charge < -0.3 is 14.4 Å². The molecular formula is C17H29NO4. The molecule has 0 bridgehead atoms. The third kappa shape index (κ3) is 5.70. The van der Waals surface area contributed by atoms with Crippen LogP contribution in [0.15, 0.2) is 12.7 Å². The summed E-state index contributed by atoms with van der Waals surface area (Å²) in [7, 11) is 0. The van der Waals surface area contributed by atoms with E-state index in [1.165, 1.54) is 0 Å². The van der Waals surface area contributed by atoms with E-state index in [1.807, 2.05) is 20.8 Å². The van der Waals surface area contributed by atoms with Crippen molar-refractivity contribution in [3.8, 4) is 0 Å². The van der Waals surface area contributed by atoms with Crippen molar-refractivity contribution in [2.24, 2.45) is 5.92 Å². The molecule has 0 aromatic rings. The Morgan fingerprint density at radius 2 is 2.05 bits per heavy atom. The van der Waals surface area contributed by atoms with E-state index < -0.39 is 5.60 Å². The van der Waals surface area contributed by atoms with Gasteiger partial charge in [-0.2, -0.15) is 0 Å². The summed E-state index contributed by atoms with van der Waals surface area (Å²) < 4.78 is 10.5. The molecule has 1 saturated heterocycles. The van der Waals surface area contributed by atoms with Crippen molar-refractivity contribution in [2.75, 3.05) is 13.2 Å². The van der Waals surface area contributed by atoms with Crippen LogP contribution in [-0.4, -0.2) is 41.8 Å². The minimum Gasteiger partial charge on any atom is -0.466 e. The lowest BCUT2D eigenvalue weighted by Crippen LogP contribution is -2.49. The summed E-state index contributed by atoms with van der Waals surface area (Å²) in [5.41, 5.74) is -0.524. The topological polar surface area (TPSA) is 55.8 Å². The molecule has 0 aromatic heterocycles. The van der Waals surface area contributed by atoms with Gasteiger partial charge in [-0.1, -0.05) is 6.08 Å². The molecule has 0 N–H and O–H groups in total. The smallest absolute Gasteiger partial charge is 0.410 e. The highest BCUT2D eigenvalue weighted by Crippen LogP contribution is 2.28. The Kier molecular flexibility index (Phi) is 6.91. The van der Waals surface area contributed by atoms with Gasteiger partial charge in [0.1, 0.15) is 5.60 Å². The Hall–Kier alpha value is -1.52. The predicted octanol–water partition coefficient (Wildman–Crippen LogP) is 3.53. The number of piperidine rings is 1.